The maximum atomic E-state index is 11.8. The first-order chi connectivity index (χ1) is 10.2. The number of para-hydroxylation sites is 1. The van der Waals surface area contributed by atoms with Gasteiger partial charge in [0.15, 0.2) is 0 Å². The minimum atomic E-state index is -0.281. The summed E-state index contributed by atoms with van der Waals surface area (Å²) in [6.45, 7) is 0.395. The van der Waals surface area contributed by atoms with Gasteiger partial charge in [0.25, 0.3) is 0 Å². The molecule has 0 saturated carbocycles. The fourth-order valence-electron chi connectivity index (χ4n) is 1.89. The Kier molecular flexibility index (Phi) is 4.03. The topological polar surface area (TPSA) is 54.0 Å². The van der Waals surface area contributed by atoms with Crippen LogP contribution < -0.4 is 10.6 Å². The van der Waals surface area contributed by atoms with Gasteiger partial charge in [-0.3, -0.25) is 0 Å². The van der Waals surface area contributed by atoms with Crippen molar-refractivity contribution in [3.8, 4) is 0 Å². The summed E-state index contributed by atoms with van der Waals surface area (Å²) in [6, 6.07) is 14.6. The number of hydrogen-bond acceptors (Lipinski definition) is 3. The summed E-state index contributed by atoms with van der Waals surface area (Å²) in [5.41, 5.74) is 1.61. The molecule has 0 aliphatic carbocycles. The van der Waals surface area contributed by atoms with Crippen LogP contribution in [0, 0.1) is 0 Å². The van der Waals surface area contributed by atoms with Crippen LogP contribution in [0.15, 0.2) is 48.5 Å². The lowest BCUT2D eigenvalue weighted by molar-refractivity contribution is 0.251. The van der Waals surface area contributed by atoms with Crippen molar-refractivity contribution in [2.45, 2.75) is 6.54 Å². The molecule has 0 bridgehead atoms. The zero-order chi connectivity index (χ0) is 14.7. The van der Waals surface area contributed by atoms with E-state index in [9.17, 15) is 4.79 Å². The molecule has 0 fully saturated rings. The molecule has 6 heteroatoms. The molecule has 21 heavy (non-hydrogen) atoms. The molecular weight excluding hydrogens is 306 g/mol. The van der Waals surface area contributed by atoms with E-state index in [0.29, 0.717) is 17.3 Å². The van der Waals surface area contributed by atoms with E-state index in [1.54, 1.807) is 35.6 Å². The second-order valence-corrected chi connectivity index (χ2v) is 5.94. The Bertz CT molecular complexity index is 754. The van der Waals surface area contributed by atoms with E-state index in [0.717, 1.165) is 15.2 Å². The van der Waals surface area contributed by atoms with Crippen LogP contribution in [0.4, 0.5) is 10.5 Å². The second kappa shape index (κ2) is 6.11. The Hall–Kier alpha value is -2.11. The fourth-order valence-corrected chi connectivity index (χ4v) is 2.99. The molecule has 0 spiro atoms. The molecule has 3 rings (SSSR count). The van der Waals surface area contributed by atoms with Gasteiger partial charge in [-0.2, -0.15) is 0 Å². The summed E-state index contributed by atoms with van der Waals surface area (Å²) in [5, 5.41) is 6.97. The average Bonchev–Trinajstić information content (AvgIpc) is 2.88. The van der Waals surface area contributed by atoms with E-state index in [-0.39, 0.29) is 6.03 Å². The molecule has 0 aliphatic heterocycles. The maximum absolute atomic E-state index is 11.8. The minimum absolute atomic E-state index is 0.281. The Morgan fingerprint density at radius 1 is 1.19 bits per heavy atom. The Morgan fingerprint density at radius 2 is 2.05 bits per heavy atom. The third-order valence-electron chi connectivity index (χ3n) is 2.82. The number of anilines is 1. The predicted octanol–water partition coefficient (Wildman–Crippen LogP) is 4.27. The highest BCUT2D eigenvalue weighted by atomic mass is 35.5. The number of benzene rings is 2. The van der Waals surface area contributed by atoms with Crippen molar-refractivity contribution in [1.29, 1.82) is 0 Å². The monoisotopic (exact) mass is 317 g/mol. The van der Waals surface area contributed by atoms with E-state index < -0.39 is 0 Å². The zero-order valence-electron chi connectivity index (χ0n) is 11.0. The van der Waals surface area contributed by atoms with Gasteiger partial charge < -0.3 is 10.6 Å². The number of carbonyl (C=O) groups is 1. The first-order valence-corrected chi connectivity index (χ1v) is 7.55. The number of hydrogen-bond donors (Lipinski definition) is 2. The van der Waals surface area contributed by atoms with E-state index in [2.05, 4.69) is 15.6 Å². The highest BCUT2D eigenvalue weighted by molar-refractivity contribution is 7.18. The number of nitrogens with one attached hydrogen (secondary N) is 2. The molecule has 2 amide bonds. The molecule has 0 atom stereocenters. The quantitative estimate of drug-likeness (QED) is 0.758. The summed E-state index contributed by atoms with van der Waals surface area (Å²) in [4.78, 5) is 16.3. The van der Waals surface area contributed by atoms with Gasteiger partial charge in [0.2, 0.25) is 0 Å². The molecule has 1 heterocycles. The van der Waals surface area contributed by atoms with Gasteiger partial charge in [-0.25, -0.2) is 9.78 Å². The summed E-state index contributed by atoms with van der Waals surface area (Å²) < 4.78 is 1.12. The van der Waals surface area contributed by atoms with Crippen molar-refractivity contribution < 1.29 is 4.79 Å². The number of rotatable bonds is 3. The van der Waals surface area contributed by atoms with Crippen LogP contribution in [0.5, 0.6) is 0 Å². The van der Waals surface area contributed by atoms with Gasteiger partial charge in [0.1, 0.15) is 5.01 Å². The van der Waals surface area contributed by atoms with Crippen LogP contribution in [0.3, 0.4) is 0 Å². The van der Waals surface area contributed by atoms with Crippen LogP contribution in [0.1, 0.15) is 5.01 Å². The second-order valence-electron chi connectivity index (χ2n) is 4.39. The Morgan fingerprint density at radius 3 is 2.86 bits per heavy atom. The molecule has 1 aromatic heterocycles. The first-order valence-electron chi connectivity index (χ1n) is 6.35. The number of carbonyl (C=O) groups excluding carboxylic acids is 1. The summed E-state index contributed by atoms with van der Waals surface area (Å²) in [7, 11) is 0. The number of fused-ring (bicyclic) bond motifs is 1. The van der Waals surface area contributed by atoms with E-state index >= 15 is 0 Å². The van der Waals surface area contributed by atoms with Gasteiger partial charge in [-0.05, 0) is 30.3 Å². The van der Waals surface area contributed by atoms with Crippen molar-refractivity contribution >= 4 is 44.9 Å². The largest absolute Gasteiger partial charge is 0.331 e. The number of thiazole rings is 1. The van der Waals surface area contributed by atoms with Gasteiger partial charge in [-0.1, -0.05) is 29.8 Å². The van der Waals surface area contributed by atoms with Gasteiger partial charge in [-0.15, -0.1) is 11.3 Å². The number of aromatic nitrogens is 1. The Labute approximate surface area is 130 Å². The molecule has 0 saturated heterocycles. The molecule has 106 valence electrons. The lowest BCUT2D eigenvalue weighted by Crippen LogP contribution is -2.28. The van der Waals surface area contributed by atoms with Gasteiger partial charge >= 0.3 is 6.03 Å². The third-order valence-corrected chi connectivity index (χ3v) is 4.09. The van der Waals surface area contributed by atoms with Crippen molar-refractivity contribution in [2.75, 3.05) is 5.32 Å². The van der Waals surface area contributed by atoms with Crippen LogP contribution in [-0.2, 0) is 6.54 Å². The van der Waals surface area contributed by atoms with Gasteiger partial charge in [0, 0.05) is 10.7 Å². The molecule has 2 N–H and O–H groups in total. The van der Waals surface area contributed by atoms with Crippen LogP contribution in [0.2, 0.25) is 5.02 Å². The van der Waals surface area contributed by atoms with Crippen molar-refractivity contribution in [3.63, 3.8) is 0 Å². The van der Waals surface area contributed by atoms with E-state index in [1.807, 2.05) is 24.3 Å². The molecule has 0 aliphatic rings. The predicted molar refractivity (Wildman–Crippen MR) is 86.9 cm³/mol. The minimum Gasteiger partial charge on any atom is -0.331 e. The van der Waals surface area contributed by atoms with Crippen LogP contribution >= 0.6 is 22.9 Å². The third kappa shape index (κ3) is 3.51. The van der Waals surface area contributed by atoms with Crippen LogP contribution in [0.25, 0.3) is 10.2 Å². The molecule has 0 radical (unpaired) electrons. The number of amides is 2. The summed E-state index contributed by atoms with van der Waals surface area (Å²) >= 11 is 7.44. The number of nitrogens with zero attached hydrogens (tertiary/aromatic N) is 1. The van der Waals surface area contributed by atoms with Crippen molar-refractivity contribution in [1.82, 2.24) is 10.3 Å². The number of urea groups is 1. The number of halogens is 1. The highest BCUT2D eigenvalue weighted by Crippen LogP contribution is 2.21. The van der Waals surface area contributed by atoms with Crippen LogP contribution in [-0.4, -0.2) is 11.0 Å². The molecule has 2 aromatic carbocycles. The first kappa shape index (κ1) is 13.9. The van der Waals surface area contributed by atoms with Crippen molar-refractivity contribution in [2.24, 2.45) is 0 Å². The SMILES string of the molecule is O=C(NCc1nc2ccccc2s1)Nc1cccc(Cl)c1. The normalized spacial score (nSPS) is 10.5. The molecule has 4 nitrogen and oxygen atoms in total. The van der Waals surface area contributed by atoms with E-state index in [4.69, 9.17) is 11.6 Å². The van der Waals surface area contributed by atoms with Gasteiger partial charge in [0.05, 0.1) is 16.8 Å². The fraction of sp³-hybridized carbons (Fsp3) is 0.0667. The lowest BCUT2D eigenvalue weighted by atomic mass is 10.3. The standard InChI is InChI=1S/C15H12ClN3OS/c16-10-4-3-5-11(8-10)18-15(20)17-9-14-19-12-6-1-2-7-13(12)21-14/h1-8H,9H2,(H2,17,18,20). The maximum Gasteiger partial charge on any atom is 0.319 e. The van der Waals surface area contributed by atoms with E-state index in [1.165, 1.54) is 0 Å². The molecular formula is C15H12ClN3OS. The lowest BCUT2D eigenvalue weighted by Gasteiger charge is -2.06. The smallest absolute Gasteiger partial charge is 0.319 e. The Balaban J connectivity index is 1.60. The summed E-state index contributed by atoms with van der Waals surface area (Å²) in [6.07, 6.45) is 0. The zero-order valence-corrected chi connectivity index (χ0v) is 12.5. The summed E-state index contributed by atoms with van der Waals surface area (Å²) in [5.74, 6) is 0. The molecule has 0 unspecified atom stereocenters. The highest BCUT2D eigenvalue weighted by Gasteiger charge is 2.06. The molecule has 3 aromatic rings. The average molecular weight is 318 g/mol. The van der Waals surface area contributed by atoms with Crippen molar-refractivity contribution in [3.05, 3.63) is 58.6 Å².